The number of aromatic nitrogens is 2. The van der Waals surface area contributed by atoms with Gasteiger partial charge in [-0.25, -0.2) is 4.79 Å². The smallest absolute Gasteiger partial charge is 0.407 e. The van der Waals surface area contributed by atoms with Gasteiger partial charge in [0.25, 0.3) is 5.91 Å². The molecule has 0 radical (unpaired) electrons. The summed E-state index contributed by atoms with van der Waals surface area (Å²) in [6, 6.07) is 7.40. The Balaban J connectivity index is 1.54. The lowest BCUT2D eigenvalue weighted by molar-refractivity contribution is 0.0946. The van der Waals surface area contributed by atoms with Crippen molar-refractivity contribution >= 4 is 23.4 Å². The van der Waals surface area contributed by atoms with E-state index in [0.29, 0.717) is 48.0 Å². The van der Waals surface area contributed by atoms with Gasteiger partial charge in [-0.1, -0.05) is 12.1 Å². The van der Waals surface area contributed by atoms with Gasteiger partial charge in [0.2, 0.25) is 0 Å². The van der Waals surface area contributed by atoms with Crippen LogP contribution in [0.2, 0.25) is 0 Å². The van der Waals surface area contributed by atoms with Crippen LogP contribution in [-0.2, 0) is 6.42 Å². The number of pyridine rings is 1. The van der Waals surface area contributed by atoms with Gasteiger partial charge in [-0.15, -0.1) is 0 Å². The van der Waals surface area contributed by atoms with Crippen molar-refractivity contribution in [2.75, 3.05) is 32.1 Å². The molecule has 10 heteroatoms. The van der Waals surface area contributed by atoms with Crippen LogP contribution in [0.3, 0.4) is 0 Å². The number of nitrogens with zero attached hydrogens (tertiary/aromatic N) is 2. The third-order valence-corrected chi connectivity index (χ3v) is 6.75. The Labute approximate surface area is 208 Å². The SMILES string of the molecule is COc1c(C)cccc1Nc1c(-c2ccncc2OC[C@@H]2CCCN2C(=O)O)[nH]c2c1C(=O)NCC2. The fraction of sp³-hybridized carbons (Fsp3) is 0.346. The zero-order valence-electron chi connectivity index (χ0n) is 20.3. The topological polar surface area (TPSA) is 129 Å². The van der Waals surface area contributed by atoms with Gasteiger partial charge in [0.1, 0.15) is 18.1 Å². The highest BCUT2D eigenvalue weighted by Crippen LogP contribution is 2.42. The summed E-state index contributed by atoms with van der Waals surface area (Å²) in [4.78, 5) is 33.6. The van der Waals surface area contributed by atoms with E-state index in [1.165, 1.54) is 4.90 Å². The van der Waals surface area contributed by atoms with Crippen LogP contribution in [0.1, 0.15) is 34.5 Å². The van der Waals surface area contributed by atoms with Crippen LogP contribution in [-0.4, -0.2) is 64.8 Å². The number of hydrogen-bond acceptors (Lipinski definition) is 6. The van der Waals surface area contributed by atoms with E-state index in [1.54, 1.807) is 19.5 Å². The summed E-state index contributed by atoms with van der Waals surface area (Å²) in [6.07, 6.45) is 4.57. The van der Waals surface area contributed by atoms with E-state index in [0.717, 1.165) is 35.3 Å². The van der Waals surface area contributed by atoms with E-state index >= 15 is 0 Å². The van der Waals surface area contributed by atoms with E-state index in [1.807, 2.05) is 31.2 Å². The fourth-order valence-electron chi connectivity index (χ4n) is 5.01. The second-order valence-corrected chi connectivity index (χ2v) is 8.97. The number of benzene rings is 1. The van der Waals surface area contributed by atoms with Crippen molar-refractivity contribution in [3.05, 3.63) is 53.5 Å². The molecule has 1 aromatic carbocycles. The van der Waals surface area contributed by atoms with Gasteiger partial charge in [-0.05, 0) is 37.5 Å². The molecule has 4 heterocycles. The summed E-state index contributed by atoms with van der Waals surface area (Å²) < 4.78 is 11.8. The van der Waals surface area contributed by atoms with Crippen LogP contribution >= 0.6 is 0 Å². The Morgan fingerprint density at radius 1 is 1.33 bits per heavy atom. The number of methoxy groups -OCH3 is 1. The zero-order chi connectivity index (χ0) is 25.2. The molecule has 2 aliphatic heterocycles. The minimum absolute atomic E-state index is 0.160. The molecule has 0 unspecified atom stereocenters. The first kappa shape index (κ1) is 23.5. The summed E-state index contributed by atoms with van der Waals surface area (Å²) >= 11 is 0. The monoisotopic (exact) mass is 491 g/mol. The van der Waals surface area contributed by atoms with E-state index < -0.39 is 6.09 Å². The number of carboxylic acid groups (broad SMARTS) is 1. The first-order chi connectivity index (χ1) is 17.5. The summed E-state index contributed by atoms with van der Waals surface area (Å²) in [5.41, 5.74) is 5.12. The Morgan fingerprint density at radius 2 is 2.19 bits per heavy atom. The maximum absolute atomic E-state index is 12.9. The molecule has 0 bridgehead atoms. The van der Waals surface area contributed by atoms with Gasteiger partial charge in [0.05, 0.1) is 42.0 Å². The normalized spacial score (nSPS) is 16.9. The molecule has 0 spiro atoms. The predicted octanol–water partition coefficient (Wildman–Crippen LogP) is 3.94. The lowest BCUT2D eigenvalue weighted by Gasteiger charge is -2.22. The van der Waals surface area contributed by atoms with E-state index in [2.05, 4.69) is 20.6 Å². The number of aromatic amines is 1. The summed E-state index contributed by atoms with van der Waals surface area (Å²) in [7, 11) is 1.62. The molecule has 2 aromatic heterocycles. The van der Waals surface area contributed by atoms with Crippen LogP contribution in [0.5, 0.6) is 11.5 Å². The third-order valence-electron chi connectivity index (χ3n) is 6.75. The Kier molecular flexibility index (Phi) is 6.41. The largest absolute Gasteiger partial charge is 0.494 e. The second-order valence-electron chi connectivity index (χ2n) is 8.97. The molecule has 0 aliphatic carbocycles. The molecule has 1 saturated heterocycles. The van der Waals surface area contributed by atoms with Crippen LogP contribution in [0, 0.1) is 6.92 Å². The number of hydrogen-bond donors (Lipinski definition) is 4. The maximum Gasteiger partial charge on any atom is 0.407 e. The van der Waals surface area contributed by atoms with Gasteiger partial charge in [0.15, 0.2) is 0 Å². The van der Waals surface area contributed by atoms with Crippen LogP contribution in [0.25, 0.3) is 11.3 Å². The van der Waals surface area contributed by atoms with E-state index in [-0.39, 0.29) is 18.6 Å². The number of likely N-dealkylation sites (tertiary alicyclic amines) is 1. The quantitative estimate of drug-likeness (QED) is 0.394. The highest BCUT2D eigenvalue weighted by molar-refractivity contribution is 6.06. The molecule has 2 amide bonds. The summed E-state index contributed by atoms with van der Waals surface area (Å²) in [6.45, 7) is 3.24. The Morgan fingerprint density at radius 3 is 3.00 bits per heavy atom. The molecule has 5 rings (SSSR count). The minimum atomic E-state index is -0.936. The van der Waals surface area contributed by atoms with Gasteiger partial charge >= 0.3 is 6.09 Å². The average Bonchev–Trinajstić information content (AvgIpc) is 3.49. The molecule has 188 valence electrons. The first-order valence-electron chi connectivity index (χ1n) is 12.0. The minimum Gasteiger partial charge on any atom is -0.494 e. The average molecular weight is 492 g/mol. The van der Waals surface area contributed by atoms with Crippen molar-refractivity contribution in [3.63, 3.8) is 0 Å². The van der Waals surface area contributed by atoms with Crippen molar-refractivity contribution in [2.45, 2.75) is 32.2 Å². The highest BCUT2D eigenvalue weighted by Gasteiger charge is 2.31. The molecule has 4 N–H and O–H groups in total. The lowest BCUT2D eigenvalue weighted by atomic mass is 10.0. The number of H-pyrrole nitrogens is 1. The van der Waals surface area contributed by atoms with Gasteiger partial charge in [0, 0.05) is 37.0 Å². The summed E-state index contributed by atoms with van der Waals surface area (Å²) in [5.74, 6) is 1.04. The molecular formula is C26H29N5O5. The standard InChI is InChI=1S/C26H29N5O5/c1-15-5-3-7-19(24(15)35-2)30-23-21-18(9-11-28-25(21)32)29-22(23)17-8-10-27-13-20(17)36-14-16-6-4-12-31(16)26(33)34/h3,5,7-8,10,13,16,29-30H,4,6,9,11-12,14H2,1-2H3,(H,28,32)(H,33,34)/t16-/m0/s1. The summed E-state index contributed by atoms with van der Waals surface area (Å²) in [5, 5.41) is 15.8. The van der Waals surface area contributed by atoms with Crippen molar-refractivity contribution in [1.82, 2.24) is 20.2 Å². The number of anilines is 2. The lowest BCUT2D eigenvalue weighted by Crippen LogP contribution is -2.38. The van der Waals surface area contributed by atoms with Crippen molar-refractivity contribution in [1.29, 1.82) is 0 Å². The Hall–Kier alpha value is -4.21. The highest BCUT2D eigenvalue weighted by atomic mass is 16.5. The molecule has 1 fully saturated rings. The number of amides is 2. The maximum atomic E-state index is 12.9. The zero-order valence-corrected chi connectivity index (χ0v) is 20.3. The van der Waals surface area contributed by atoms with E-state index in [9.17, 15) is 14.7 Å². The van der Waals surface area contributed by atoms with Crippen LogP contribution in [0.15, 0.2) is 36.7 Å². The molecule has 0 saturated carbocycles. The van der Waals surface area contributed by atoms with Crippen molar-refractivity contribution in [2.24, 2.45) is 0 Å². The number of ether oxygens (including phenoxy) is 2. The first-order valence-corrected chi connectivity index (χ1v) is 12.0. The number of carbonyl (C=O) groups is 2. The fourth-order valence-corrected chi connectivity index (χ4v) is 5.01. The van der Waals surface area contributed by atoms with Gasteiger partial charge in [-0.2, -0.15) is 0 Å². The van der Waals surface area contributed by atoms with Crippen LogP contribution < -0.4 is 20.1 Å². The molecule has 36 heavy (non-hydrogen) atoms. The van der Waals surface area contributed by atoms with Gasteiger partial charge < -0.3 is 35.1 Å². The molecule has 3 aromatic rings. The molecule has 10 nitrogen and oxygen atoms in total. The van der Waals surface area contributed by atoms with Gasteiger partial charge in [-0.3, -0.25) is 9.78 Å². The molecular weight excluding hydrogens is 462 g/mol. The predicted molar refractivity (Wildman–Crippen MR) is 134 cm³/mol. The number of rotatable bonds is 7. The van der Waals surface area contributed by atoms with Crippen LogP contribution in [0.4, 0.5) is 16.2 Å². The van der Waals surface area contributed by atoms with E-state index in [4.69, 9.17) is 9.47 Å². The number of nitrogens with one attached hydrogen (secondary N) is 3. The molecule has 2 aliphatic rings. The third kappa shape index (κ3) is 4.30. The molecule has 1 atom stereocenters. The Bertz CT molecular complexity index is 1300. The number of fused-ring (bicyclic) bond motifs is 1. The van der Waals surface area contributed by atoms with Crippen molar-refractivity contribution in [3.8, 4) is 22.8 Å². The second kappa shape index (κ2) is 9.80. The number of para-hydroxylation sites is 1. The number of carbonyl (C=O) groups excluding carboxylic acids is 1. The number of aryl methyl sites for hydroxylation is 1. The van der Waals surface area contributed by atoms with Crippen molar-refractivity contribution < 1.29 is 24.2 Å².